The Hall–Kier alpha value is -0.120. The van der Waals surface area contributed by atoms with Crippen LogP contribution in [0.3, 0.4) is 0 Å². The molecule has 3 atom stereocenters. The van der Waals surface area contributed by atoms with E-state index in [1.807, 2.05) is 0 Å². The van der Waals surface area contributed by atoms with Crippen LogP contribution < -0.4 is 5.32 Å². The Bertz CT molecular complexity index is 187. The molecule has 0 bridgehead atoms. The van der Waals surface area contributed by atoms with Crippen LogP contribution in [0.1, 0.15) is 26.7 Å². The van der Waals surface area contributed by atoms with Gasteiger partial charge in [-0.2, -0.15) is 0 Å². The van der Waals surface area contributed by atoms with Crippen molar-refractivity contribution in [1.29, 1.82) is 0 Å². The van der Waals surface area contributed by atoms with Gasteiger partial charge in [0.05, 0.1) is 6.61 Å². The van der Waals surface area contributed by atoms with Gasteiger partial charge < -0.3 is 15.0 Å². The highest BCUT2D eigenvalue weighted by atomic mass is 16.5. The van der Waals surface area contributed by atoms with Gasteiger partial charge in [0.1, 0.15) is 0 Å². The zero-order chi connectivity index (χ0) is 12.0. The molecule has 1 rings (SSSR count). The van der Waals surface area contributed by atoms with Crippen molar-refractivity contribution in [3.8, 4) is 0 Å². The monoisotopic (exact) mass is 228 g/mol. The smallest absolute Gasteiger partial charge is 0.0628 e. The summed E-state index contributed by atoms with van der Waals surface area (Å²) in [4.78, 5) is 2.44. The summed E-state index contributed by atoms with van der Waals surface area (Å²) >= 11 is 0. The fraction of sp³-hybridized carbons (Fsp3) is 1.00. The van der Waals surface area contributed by atoms with Crippen LogP contribution in [-0.4, -0.2) is 51.3 Å². The van der Waals surface area contributed by atoms with E-state index in [2.05, 4.69) is 31.1 Å². The van der Waals surface area contributed by atoms with Gasteiger partial charge in [0, 0.05) is 26.2 Å². The molecule has 16 heavy (non-hydrogen) atoms. The molecule has 96 valence electrons. The number of likely N-dealkylation sites (N-methyl/N-ethyl adjacent to an activating group) is 1. The first-order valence-electron chi connectivity index (χ1n) is 6.58. The average molecular weight is 228 g/mol. The van der Waals surface area contributed by atoms with Gasteiger partial charge in [-0.3, -0.25) is 0 Å². The summed E-state index contributed by atoms with van der Waals surface area (Å²) in [7, 11) is 4.00. The molecule has 3 unspecified atom stereocenters. The van der Waals surface area contributed by atoms with Crippen LogP contribution in [0, 0.1) is 11.8 Å². The lowest BCUT2D eigenvalue weighted by Crippen LogP contribution is -2.43. The Kier molecular flexibility index (Phi) is 6.32. The van der Waals surface area contributed by atoms with E-state index in [0.29, 0.717) is 6.04 Å². The van der Waals surface area contributed by atoms with E-state index < -0.39 is 0 Å². The molecule has 3 heteroatoms. The maximum Gasteiger partial charge on any atom is 0.0628 e. The minimum atomic E-state index is 0.476. The molecule has 0 aromatic carbocycles. The number of nitrogens with zero attached hydrogens (tertiary/aromatic N) is 1. The first-order valence-corrected chi connectivity index (χ1v) is 6.58. The summed E-state index contributed by atoms with van der Waals surface area (Å²) in [5.41, 5.74) is 0. The van der Waals surface area contributed by atoms with E-state index in [-0.39, 0.29) is 0 Å². The normalized spacial score (nSPS) is 26.1. The highest BCUT2D eigenvalue weighted by molar-refractivity contribution is 4.85. The van der Waals surface area contributed by atoms with Gasteiger partial charge >= 0.3 is 0 Å². The van der Waals surface area contributed by atoms with Crippen LogP contribution in [0.2, 0.25) is 0 Å². The predicted molar refractivity (Wildman–Crippen MR) is 68.7 cm³/mol. The van der Waals surface area contributed by atoms with Crippen molar-refractivity contribution in [2.24, 2.45) is 11.8 Å². The molecular formula is C13H28N2O. The number of methoxy groups -OCH3 is 1. The molecule has 0 saturated heterocycles. The Morgan fingerprint density at radius 3 is 2.69 bits per heavy atom. The predicted octanol–water partition coefficient (Wildman–Crippen LogP) is 1.59. The second kappa shape index (κ2) is 7.25. The third kappa shape index (κ3) is 5.28. The fourth-order valence-electron chi connectivity index (χ4n) is 2.23. The molecule has 1 aliphatic rings. The second-order valence-electron chi connectivity index (χ2n) is 5.30. The van der Waals surface area contributed by atoms with Crippen LogP contribution in [0.5, 0.6) is 0 Å². The number of rotatable bonds is 9. The van der Waals surface area contributed by atoms with Crippen LogP contribution in [-0.2, 0) is 4.74 Å². The Labute approximate surface area is 101 Å². The van der Waals surface area contributed by atoms with Crippen molar-refractivity contribution in [3.05, 3.63) is 0 Å². The van der Waals surface area contributed by atoms with E-state index in [4.69, 9.17) is 4.74 Å². The summed E-state index contributed by atoms with van der Waals surface area (Å²) in [6.07, 6.45) is 2.60. The third-order valence-electron chi connectivity index (χ3n) is 3.41. The molecule has 0 radical (unpaired) electrons. The van der Waals surface area contributed by atoms with Gasteiger partial charge in [0.25, 0.3) is 0 Å². The van der Waals surface area contributed by atoms with Gasteiger partial charge in [-0.25, -0.2) is 0 Å². The molecule has 0 heterocycles. The topological polar surface area (TPSA) is 24.5 Å². The number of hydrogen-bond acceptors (Lipinski definition) is 3. The molecular weight excluding hydrogens is 200 g/mol. The molecule has 1 fully saturated rings. The first kappa shape index (κ1) is 13.9. The van der Waals surface area contributed by atoms with Crippen molar-refractivity contribution < 1.29 is 4.74 Å². The quantitative estimate of drug-likeness (QED) is 0.648. The summed E-state index contributed by atoms with van der Waals surface area (Å²) in [6, 6.07) is 0.476. The molecule has 1 N–H and O–H groups in total. The van der Waals surface area contributed by atoms with E-state index in [9.17, 15) is 0 Å². The van der Waals surface area contributed by atoms with Crippen molar-refractivity contribution in [1.82, 2.24) is 10.2 Å². The first-order chi connectivity index (χ1) is 7.67. The van der Waals surface area contributed by atoms with Crippen LogP contribution in [0.15, 0.2) is 0 Å². The largest absolute Gasteiger partial charge is 0.383 e. The summed E-state index contributed by atoms with van der Waals surface area (Å²) < 4.78 is 5.25. The van der Waals surface area contributed by atoms with Gasteiger partial charge in [-0.1, -0.05) is 13.8 Å². The number of ether oxygens (including phenoxy) is 1. The molecule has 0 aromatic heterocycles. The molecule has 1 saturated carbocycles. The summed E-state index contributed by atoms with van der Waals surface area (Å²) in [5.74, 6) is 1.89. The lowest BCUT2D eigenvalue weighted by Gasteiger charge is -2.24. The van der Waals surface area contributed by atoms with Crippen molar-refractivity contribution in [2.45, 2.75) is 32.7 Å². The Morgan fingerprint density at radius 1 is 1.50 bits per heavy atom. The summed E-state index contributed by atoms with van der Waals surface area (Å²) in [5, 5.41) is 3.54. The van der Waals surface area contributed by atoms with Crippen molar-refractivity contribution in [3.63, 3.8) is 0 Å². The Balaban J connectivity index is 2.17. The lowest BCUT2D eigenvalue weighted by atomic mass is 10.2. The van der Waals surface area contributed by atoms with E-state index in [1.165, 1.54) is 19.4 Å². The molecule has 3 nitrogen and oxygen atoms in total. The van der Waals surface area contributed by atoms with E-state index >= 15 is 0 Å². The maximum atomic E-state index is 5.25. The number of hydrogen-bond donors (Lipinski definition) is 1. The summed E-state index contributed by atoms with van der Waals surface area (Å²) in [6.45, 7) is 8.78. The Morgan fingerprint density at radius 2 is 2.19 bits per heavy atom. The maximum absolute atomic E-state index is 5.25. The van der Waals surface area contributed by atoms with Crippen molar-refractivity contribution in [2.75, 3.05) is 40.4 Å². The third-order valence-corrected chi connectivity index (χ3v) is 3.41. The minimum Gasteiger partial charge on any atom is -0.383 e. The minimum absolute atomic E-state index is 0.476. The molecule has 1 aliphatic carbocycles. The van der Waals surface area contributed by atoms with Crippen LogP contribution in [0.4, 0.5) is 0 Å². The molecule has 0 amide bonds. The van der Waals surface area contributed by atoms with E-state index in [0.717, 1.165) is 31.5 Å². The molecule has 0 spiro atoms. The van der Waals surface area contributed by atoms with Gasteiger partial charge in [-0.05, 0) is 38.3 Å². The second-order valence-corrected chi connectivity index (χ2v) is 5.30. The van der Waals surface area contributed by atoms with Crippen molar-refractivity contribution >= 4 is 0 Å². The van der Waals surface area contributed by atoms with Gasteiger partial charge in [0.15, 0.2) is 0 Å². The number of nitrogens with one attached hydrogen (secondary N) is 1. The fourth-order valence-corrected chi connectivity index (χ4v) is 2.23. The molecule has 0 aliphatic heterocycles. The lowest BCUT2D eigenvalue weighted by molar-refractivity contribution is 0.144. The standard InChI is InChI=1S/C13H28N2O/c1-5-6-14-13(10-16-4)9-15(3)8-12-7-11(12)2/h11-14H,5-10H2,1-4H3. The van der Waals surface area contributed by atoms with Gasteiger partial charge in [-0.15, -0.1) is 0 Å². The zero-order valence-electron chi connectivity index (χ0n) is 11.3. The van der Waals surface area contributed by atoms with Crippen LogP contribution in [0.25, 0.3) is 0 Å². The van der Waals surface area contributed by atoms with E-state index in [1.54, 1.807) is 7.11 Å². The van der Waals surface area contributed by atoms with Crippen LogP contribution >= 0.6 is 0 Å². The highest BCUT2D eigenvalue weighted by Gasteiger charge is 2.33. The molecule has 0 aromatic rings. The SMILES string of the molecule is CCCNC(COC)CN(C)CC1CC1C. The average Bonchev–Trinajstić information content (AvgIpc) is 2.91. The van der Waals surface area contributed by atoms with Gasteiger partial charge in [0.2, 0.25) is 0 Å². The highest BCUT2D eigenvalue weighted by Crippen LogP contribution is 2.37. The zero-order valence-corrected chi connectivity index (χ0v) is 11.3.